The van der Waals surface area contributed by atoms with Crippen LogP contribution < -0.4 is 10.5 Å². The lowest BCUT2D eigenvalue weighted by Gasteiger charge is -2.15. The summed E-state index contributed by atoms with van der Waals surface area (Å²) in [6.07, 6.45) is 0.750. The van der Waals surface area contributed by atoms with Crippen molar-refractivity contribution in [3.8, 4) is 0 Å². The Kier molecular flexibility index (Phi) is 5.03. The number of hydrogen-bond acceptors (Lipinski definition) is 5. The third-order valence-electron chi connectivity index (χ3n) is 2.43. The molecule has 0 fully saturated rings. The van der Waals surface area contributed by atoms with E-state index in [1.54, 1.807) is 4.72 Å². The van der Waals surface area contributed by atoms with Crippen LogP contribution in [0.5, 0.6) is 0 Å². The van der Waals surface area contributed by atoms with Crippen molar-refractivity contribution >= 4 is 19.9 Å². The number of hydrogen-bond donors (Lipinski definition) is 2. The normalized spacial score (nSPS) is 13.4. The average Bonchev–Trinajstić information content (AvgIpc) is 2.35. The Morgan fingerprint density at radius 2 is 1.81 bits per heavy atom. The highest BCUT2D eigenvalue weighted by Gasteiger charge is 2.29. The van der Waals surface area contributed by atoms with Crippen LogP contribution in [0.4, 0.5) is 13.2 Å². The van der Waals surface area contributed by atoms with Crippen LogP contribution in [0, 0.1) is 5.82 Å². The summed E-state index contributed by atoms with van der Waals surface area (Å²) in [7, 11) is -8.27. The van der Waals surface area contributed by atoms with Crippen molar-refractivity contribution in [3.63, 3.8) is 0 Å². The first-order valence-electron chi connectivity index (χ1n) is 5.46. The molecule has 0 spiro atoms. The number of nitrogens with two attached hydrogens (primary N) is 1. The van der Waals surface area contributed by atoms with Crippen LogP contribution in [-0.2, 0) is 19.9 Å². The zero-order chi connectivity index (χ0) is 16.5. The van der Waals surface area contributed by atoms with Crippen LogP contribution in [0.1, 0.15) is 0 Å². The number of nitrogens with one attached hydrogen (secondary N) is 1. The van der Waals surface area contributed by atoms with E-state index in [1.165, 1.54) is 0 Å². The van der Waals surface area contributed by atoms with E-state index < -0.39 is 54.5 Å². The van der Waals surface area contributed by atoms with E-state index in [0.29, 0.717) is 6.07 Å². The molecule has 0 aromatic heterocycles. The first-order valence-corrected chi connectivity index (χ1v) is 8.84. The van der Waals surface area contributed by atoms with Gasteiger partial charge in [0.1, 0.15) is 10.7 Å². The number of benzene rings is 1. The third-order valence-corrected chi connectivity index (χ3v) is 4.96. The monoisotopic (exact) mass is 346 g/mol. The highest BCUT2D eigenvalue weighted by molar-refractivity contribution is 7.90. The van der Waals surface area contributed by atoms with Gasteiger partial charge in [-0.05, 0) is 18.2 Å². The Labute approximate surface area is 120 Å². The van der Waals surface area contributed by atoms with E-state index in [0.717, 1.165) is 18.4 Å². The molecule has 0 heterocycles. The predicted molar refractivity (Wildman–Crippen MR) is 68.7 cm³/mol. The van der Waals surface area contributed by atoms with Crippen LogP contribution in [0.15, 0.2) is 28.0 Å². The number of alkyl halides is 2. The number of sulfonamides is 1. The Balaban J connectivity index is 3.09. The maximum absolute atomic E-state index is 13.6. The molecule has 21 heavy (non-hydrogen) atoms. The maximum atomic E-state index is 13.6. The minimum Gasteiger partial charge on any atom is -0.325 e. The fourth-order valence-electron chi connectivity index (χ4n) is 1.31. The van der Waals surface area contributed by atoms with Gasteiger partial charge in [0.25, 0.3) is 5.92 Å². The van der Waals surface area contributed by atoms with Crippen LogP contribution in [0.3, 0.4) is 0 Å². The summed E-state index contributed by atoms with van der Waals surface area (Å²) in [6.45, 7) is -2.31. The lowest BCUT2D eigenvalue weighted by atomic mass is 10.3. The Hall–Kier alpha value is -1.17. The van der Waals surface area contributed by atoms with E-state index in [2.05, 4.69) is 0 Å². The summed E-state index contributed by atoms with van der Waals surface area (Å²) in [5.74, 6) is -4.73. The van der Waals surface area contributed by atoms with Crippen LogP contribution >= 0.6 is 0 Å². The largest absolute Gasteiger partial charge is 0.325 e. The molecule has 0 amide bonds. The maximum Gasteiger partial charge on any atom is 0.273 e. The summed E-state index contributed by atoms with van der Waals surface area (Å²) in [5, 5.41) is 0. The fraction of sp³-hybridized carbons (Fsp3) is 0.400. The summed E-state index contributed by atoms with van der Waals surface area (Å²) < 4.78 is 86.7. The Morgan fingerprint density at radius 1 is 1.24 bits per heavy atom. The van der Waals surface area contributed by atoms with Gasteiger partial charge in [0.05, 0.1) is 18.0 Å². The highest BCUT2D eigenvalue weighted by Crippen LogP contribution is 2.19. The molecule has 0 saturated heterocycles. The van der Waals surface area contributed by atoms with Crippen LogP contribution in [-0.4, -0.2) is 42.1 Å². The first-order chi connectivity index (χ1) is 9.39. The van der Waals surface area contributed by atoms with Gasteiger partial charge in [-0.15, -0.1) is 0 Å². The topological polar surface area (TPSA) is 106 Å². The van der Waals surface area contributed by atoms with Crippen molar-refractivity contribution in [2.75, 3.05) is 19.3 Å². The van der Waals surface area contributed by atoms with Gasteiger partial charge in [-0.1, -0.05) is 0 Å². The van der Waals surface area contributed by atoms with Crippen molar-refractivity contribution in [1.82, 2.24) is 4.72 Å². The van der Waals surface area contributed by atoms with Gasteiger partial charge in [-0.3, -0.25) is 0 Å². The summed E-state index contributed by atoms with van der Waals surface area (Å²) in [4.78, 5) is -1.35. The molecule has 0 aliphatic heterocycles. The Bertz CT molecular complexity index is 733. The third kappa shape index (κ3) is 4.66. The highest BCUT2D eigenvalue weighted by atomic mass is 32.2. The van der Waals surface area contributed by atoms with Crippen molar-refractivity contribution in [1.29, 1.82) is 0 Å². The molecule has 1 aromatic carbocycles. The SMILES string of the molecule is CS(=O)(=O)c1ccc(S(=O)(=O)NCC(F)(F)CN)cc1F. The molecule has 0 saturated carbocycles. The molecule has 0 aliphatic rings. The number of rotatable bonds is 6. The minimum atomic E-state index is -4.41. The Morgan fingerprint density at radius 3 is 2.24 bits per heavy atom. The standard InChI is InChI=1S/C10H13F3N2O4S2/c1-20(16,17)9-3-2-7(4-8(9)11)21(18,19)15-6-10(12,13)5-14/h2-4,15H,5-6,14H2,1H3. The van der Waals surface area contributed by atoms with E-state index >= 15 is 0 Å². The number of halogens is 3. The number of sulfone groups is 1. The molecule has 120 valence electrons. The van der Waals surface area contributed by atoms with Gasteiger partial charge in [0, 0.05) is 6.26 Å². The molecule has 1 rings (SSSR count). The minimum absolute atomic E-state index is 0.444. The van der Waals surface area contributed by atoms with Gasteiger partial charge in [-0.25, -0.2) is 34.7 Å². The molecule has 11 heteroatoms. The fourth-order valence-corrected chi connectivity index (χ4v) is 3.11. The lowest BCUT2D eigenvalue weighted by Crippen LogP contribution is -2.41. The zero-order valence-corrected chi connectivity index (χ0v) is 12.4. The van der Waals surface area contributed by atoms with Gasteiger partial charge < -0.3 is 5.73 Å². The second kappa shape index (κ2) is 5.91. The second-order valence-electron chi connectivity index (χ2n) is 4.25. The first kappa shape index (κ1) is 17.9. The molecular formula is C10H13F3N2O4S2. The van der Waals surface area contributed by atoms with Crippen LogP contribution in [0.2, 0.25) is 0 Å². The summed E-state index contributed by atoms with van der Waals surface area (Å²) in [5.41, 5.74) is 4.75. The molecule has 0 aliphatic carbocycles. The van der Waals surface area contributed by atoms with Gasteiger partial charge in [0.15, 0.2) is 9.84 Å². The smallest absolute Gasteiger partial charge is 0.273 e. The van der Waals surface area contributed by atoms with E-state index in [1.807, 2.05) is 0 Å². The average molecular weight is 346 g/mol. The van der Waals surface area contributed by atoms with Crippen molar-refractivity contribution in [3.05, 3.63) is 24.0 Å². The molecule has 0 unspecified atom stereocenters. The molecule has 0 atom stereocenters. The van der Waals surface area contributed by atoms with Crippen LogP contribution in [0.25, 0.3) is 0 Å². The quantitative estimate of drug-likeness (QED) is 0.760. The lowest BCUT2D eigenvalue weighted by molar-refractivity contribution is 0.0170. The second-order valence-corrected chi connectivity index (χ2v) is 8.00. The molecule has 6 nitrogen and oxygen atoms in total. The summed E-state index contributed by atoms with van der Waals surface area (Å²) >= 11 is 0. The molecule has 1 aromatic rings. The van der Waals surface area contributed by atoms with Crippen molar-refractivity contribution in [2.45, 2.75) is 15.7 Å². The summed E-state index contributed by atoms with van der Waals surface area (Å²) in [6, 6.07) is 2.00. The predicted octanol–water partition coefficient (Wildman–Crippen LogP) is 0.101. The van der Waals surface area contributed by atoms with E-state index in [-0.39, 0.29) is 0 Å². The molecule has 0 radical (unpaired) electrons. The van der Waals surface area contributed by atoms with Gasteiger partial charge in [0.2, 0.25) is 10.0 Å². The molecular weight excluding hydrogens is 333 g/mol. The molecule has 0 bridgehead atoms. The van der Waals surface area contributed by atoms with Crippen molar-refractivity contribution in [2.24, 2.45) is 5.73 Å². The molecule has 3 N–H and O–H groups in total. The zero-order valence-electron chi connectivity index (χ0n) is 10.8. The van der Waals surface area contributed by atoms with Crippen molar-refractivity contribution < 1.29 is 30.0 Å². The van der Waals surface area contributed by atoms with Gasteiger partial charge in [-0.2, -0.15) is 0 Å². The van der Waals surface area contributed by atoms with E-state index in [4.69, 9.17) is 5.73 Å². The van der Waals surface area contributed by atoms with Gasteiger partial charge >= 0.3 is 0 Å². The van der Waals surface area contributed by atoms with E-state index in [9.17, 15) is 30.0 Å².